The Labute approximate surface area is 93.8 Å². The molecule has 84 valence electrons. The summed E-state index contributed by atoms with van der Waals surface area (Å²) in [7, 11) is 1.68. The van der Waals surface area contributed by atoms with Crippen LogP contribution in [0, 0.1) is 0 Å². The highest BCUT2D eigenvalue weighted by atomic mass is 16.6. The first-order chi connectivity index (χ1) is 7.59. The number of rotatable bonds is 2. The number of hydrogen-bond donors (Lipinski definition) is 0. The second kappa shape index (κ2) is 3.96. The Morgan fingerprint density at radius 2 is 2.12 bits per heavy atom. The molecule has 1 unspecified atom stereocenters. The lowest BCUT2D eigenvalue weighted by atomic mass is 10.00. The van der Waals surface area contributed by atoms with E-state index in [1.165, 1.54) is 11.8 Å². The predicted molar refractivity (Wildman–Crippen MR) is 58.3 cm³/mol. The van der Waals surface area contributed by atoms with E-state index < -0.39 is 0 Å². The van der Waals surface area contributed by atoms with Crippen molar-refractivity contribution in [2.45, 2.75) is 13.0 Å². The summed E-state index contributed by atoms with van der Waals surface area (Å²) in [4.78, 5) is 24.2. The zero-order valence-corrected chi connectivity index (χ0v) is 9.27. The average Bonchev–Trinajstić information content (AvgIpc) is 2.59. The summed E-state index contributed by atoms with van der Waals surface area (Å²) in [6.07, 6.45) is -0.680. The Morgan fingerprint density at radius 3 is 2.69 bits per heavy atom. The molecule has 4 nitrogen and oxygen atoms in total. The number of likely N-dealkylation sites (N-methyl/N-ethyl adjacent to an activating group) is 1. The summed E-state index contributed by atoms with van der Waals surface area (Å²) < 4.78 is 5.19. The number of ketones is 1. The summed E-state index contributed by atoms with van der Waals surface area (Å²) in [6.45, 7) is 2.00. The highest BCUT2D eigenvalue weighted by Crippen LogP contribution is 2.27. The van der Waals surface area contributed by atoms with Crippen LogP contribution in [0.3, 0.4) is 0 Å². The van der Waals surface area contributed by atoms with E-state index >= 15 is 0 Å². The van der Waals surface area contributed by atoms with Crippen LogP contribution in [0.4, 0.5) is 4.79 Å². The van der Waals surface area contributed by atoms with Crippen molar-refractivity contribution in [3.8, 4) is 0 Å². The minimum atomic E-state index is -0.344. The van der Waals surface area contributed by atoms with Crippen LogP contribution in [0.2, 0.25) is 0 Å². The van der Waals surface area contributed by atoms with Gasteiger partial charge in [0.1, 0.15) is 6.10 Å². The highest BCUT2D eigenvalue weighted by Gasteiger charge is 2.31. The Balaban J connectivity index is 2.34. The fourth-order valence-electron chi connectivity index (χ4n) is 1.83. The Kier molecular flexibility index (Phi) is 2.64. The molecule has 0 radical (unpaired) electrons. The van der Waals surface area contributed by atoms with Crippen molar-refractivity contribution in [3.63, 3.8) is 0 Å². The van der Waals surface area contributed by atoms with Gasteiger partial charge < -0.3 is 9.64 Å². The van der Waals surface area contributed by atoms with E-state index in [0.29, 0.717) is 12.1 Å². The van der Waals surface area contributed by atoms with Gasteiger partial charge in [0, 0.05) is 18.2 Å². The first-order valence-electron chi connectivity index (χ1n) is 5.11. The second-order valence-electron chi connectivity index (χ2n) is 3.90. The number of hydrogen-bond acceptors (Lipinski definition) is 3. The summed E-state index contributed by atoms with van der Waals surface area (Å²) in [5.74, 6) is -0.0128. The van der Waals surface area contributed by atoms with E-state index in [1.54, 1.807) is 19.2 Å². The van der Waals surface area contributed by atoms with E-state index in [2.05, 4.69) is 0 Å². The van der Waals surface area contributed by atoms with Crippen molar-refractivity contribution in [2.24, 2.45) is 0 Å². The van der Waals surface area contributed by atoms with Gasteiger partial charge in [-0.2, -0.15) is 0 Å². The Bertz CT molecular complexity index is 442. The number of nitrogens with zero attached hydrogens (tertiary/aromatic N) is 1. The maximum Gasteiger partial charge on any atom is 0.410 e. The average molecular weight is 219 g/mol. The van der Waals surface area contributed by atoms with Crippen LogP contribution in [-0.4, -0.2) is 30.4 Å². The van der Waals surface area contributed by atoms with Crippen LogP contribution >= 0.6 is 0 Å². The molecule has 16 heavy (non-hydrogen) atoms. The molecule has 1 amide bonds. The monoisotopic (exact) mass is 219 g/mol. The number of amides is 1. The third kappa shape index (κ3) is 1.78. The Morgan fingerprint density at radius 1 is 1.44 bits per heavy atom. The molecule has 1 aliphatic heterocycles. The normalized spacial score (nSPS) is 19.8. The minimum absolute atomic E-state index is 0.0128. The zero-order valence-electron chi connectivity index (χ0n) is 9.27. The SMILES string of the molecule is CC(=O)c1ccccc1C1CN(C)C(=O)O1. The van der Waals surface area contributed by atoms with E-state index in [0.717, 1.165) is 5.56 Å². The summed E-state index contributed by atoms with van der Waals surface area (Å²) in [5.41, 5.74) is 1.41. The molecular weight excluding hydrogens is 206 g/mol. The van der Waals surface area contributed by atoms with Crippen molar-refractivity contribution in [1.82, 2.24) is 4.90 Å². The van der Waals surface area contributed by atoms with Crippen LogP contribution in [0.25, 0.3) is 0 Å². The molecule has 2 rings (SSSR count). The van der Waals surface area contributed by atoms with Crippen molar-refractivity contribution in [2.75, 3.05) is 13.6 Å². The maximum absolute atomic E-state index is 11.4. The van der Waals surface area contributed by atoms with E-state index in [9.17, 15) is 9.59 Å². The zero-order chi connectivity index (χ0) is 11.7. The molecule has 0 bridgehead atoms. The molecule has 1 saturated heterocycles. The molecule has 1 atom stereocenters. The summed E-state index contributed by atoms with van der Waals surface area (Å²) >= 11 is 0. The molecule has 0 aliphatic carbocycles. The van der Waals surface area contributed by atoms with E-state index in [4.69, 9.17) is 4.74 Å². The third-order valence-corrected chi connectivity index (χ3v) is 2.68. The van der Waals surface area contributed by atoms with Gasteiger partial charge in [-0.1, -0.05) is 24.3 Å². The Hall–Kier alpha value is -1.84. The van der Waals surface area contributed by atoms with Crippen molar-refractivity contribution < 1.29 is 14.3 Å². The van der Waals surface area contributed by atoms with Crippen LogP contribution < -0.4 is 0 Å². The first kappa shape index (κ1) is 10.7. The fraction of sp³-hybridized carbons (Fsp3) is 0.333. The van der Waals surface area contributed by atoms with Gasteiger partial charge in [-0.05, 0) is 6.92 Å². The van der Waals surface area contributed by atoms with Gasteiger partial charge in [0.2, 0.25) is 0 Å². The molecule has 4 heteroatoms. The van der Waals surface area contributed by atoms with Crippen LogP contribution in [-0.2, 0) is 4.74 Å². The molecular formula is C12H13NO3. The van der Waals surface area contributed by atoms with Gasteiger partial charge in [-0.3, -0.25) is 4.79 Å². The lowest BCUT2D eigenvalue weighted by Crippen LogP contribution is -2.18. The van der Waals surface area contributed by atoms with Crippen LogP contribution in [0.5, 0.6) is 0 Å². The standard InChI is InChI=1S/C12H13NO3/c1-8(14)9-5-3-4-6-10(9)11-7-13(2)12(15)16-11/h3-6,11H,7H2,1-2H3. The first-order valence-corrected chi connectivity index (χ1v) is 5.11. The summed E-state index contributed by atoms with van der Waals surface area (Å²) in [5, 5.41) is 0. The van der Waals surface area contributed by atoms with Crippen LogP contribution in [0.15, 0.2) is 24.3 Å². The number of carbonyl (C=O) groups excluding carboxylic acids is 2. The number of benzene rings is 1. The van der Waals surface area contributed by atoms with Crippen molar-refractivity contribution in [1.29, 1.82) is 0 Å². The number of carbonyl (C=O) groups is 2. The molecule has 1 aliphatic rings. The molecule has 1 aromatic carbocycles. The lowest BCUT2D eigenvalue weighted by Gasteiger charge is -2.11. The van der Waals surface area contributed by atoms with Gasteiger partial charge in [-0.25, -0.2) is 4.79 Å². The second-order valence-corrected chi connectivity index (χ2v) is 3.90. The van der Waals surface area contributed by atoms with Gasteiger partial charge in [0.05, 0.1) is 6.54 Å². The third-order valence-electron chi connectivity index (χ3n) is 2.68. The summed E-state index contributed by atoms with van der Waals surface area (Å²) in [6, 6.07) is 7.23. The van der Waals surface area contributed by atoms with Gasteiger partial charge in [-0.15, -0.1) is 0 Å². The van der Waals surface area contributed by atoms with Crippen molar-refractivity contribution in [3.05, 3.63) is 35.4 Å². The highest BCUT2D eigenvalue weighted by molar-refractivity contribution is 5.95. The van der Waals surface area contributed by atoms with E-state index in [1.807, 2.05) is 12.1 Å². The predicted octanol–water partition coefficient (Wildman–Crippen LogP) is 2.01. The molecule has 0 saturated carbocycles. The van der Waals surface area contributed by atoms with E-state index in [-0.39, 0.29) is 18.0 Å². The van der Waals surface area contributed by atoms with Gasteiger partial charge in [0.25, 0.3) is 0 Å². The topological polar surface area (TPSA) is 46.6 Å². The molecule has 0 N–H and O–H groups in total. The fourth-order valence-corrected chi connectivity index (χ4v) is 1.83. The number of Topliss-reactive ketones (excluding diaryl/α,β-unsaturated/α-hetero) is 1. The number of cyclic esters (lactones) is 1. The largest absolute Gasteiger partial charge is 0.439 e. The minimum Gasteiger partial charge on any atom is -0.439 e. The smallest absolute Gasteiger partial charge is 0.410 e. The molecule has 1 heterocycles. The molecule has 0 aromatic heterocycles. The quantitative estimate of drug-likeness (QED) is 0.715. The number of ether oxygens (including phenoxy) is 1. The molecule has 1 aromatic rings. The van der Waals surface area contributed by atoms with Gasteiger partial charge in [0.15, 0.2) is 5.78 Å². The van der Waals surface area contributed by atoms with Crippen LogP contribution in [0.1, 0.15) is 28.9 Å². The lowest BCUT2D eigenvalue weighted by molar-refractivity contribution is 0.100. The molecule has 0 spiro atoms. The van der Waals surface area contributed by atoms with Gasteiger partial charge >= 0.3 is 6.09 Å². The maximum atomic E-state index is 11.4. The molecule has 1 fully saturated rings. The van der Waals surface area contributed by atoms with Crippen molar-refractivity contribution >= 4 is 11.9 Å².